The third-order valence-corrected chi connectivity index (χ3v) is 3.01. The summed E-state index contributed by atoms with van der Waals surface area (Å²) in [6, 6.07) is 9.67. The van der Waals surface area contributed by atoms with Crippen LogP contribution in [0.4, 0.5) is 0 Å². The molecule has 0 saturated carbocycles. The molecule has 17 heavy (non-hydrogen) atoms. The highest BCUT2D eigenvalue weighted by Gasteiger charge is 2.10. The third-order valence-electron chi connectivity index (χ3n) is 3.01. The van der Waals surface area contributed by atoms with Gasteiger partial charge in [-0.05, 0) is 44.0 Å². The van der Waals surface area contributed by atoms with E-state index in [0.29, 0.717) is 5.56 Å². The van der Waals surface area contributed by atoms with E-state index in [1.165, 1.54) is 5.56 Å². The van der Waals surface area contributed by atoms with Crippen LogP contribution >= 0.6 is 0 Å². The molecule has 1 aromatic heterocycles. The molecule has 2 aromatic rings. The molecule has 1 heterocycles. The molecular weight excluding hydrogens is 210 g/mol. The number of benzene rings is 1. The number of nitrogens with zero attached hydrogens (tertiary/aromatic N) is 3. The van der Waals surface area contributed by atoms with Crippen LogP contribution in [0.5, 0.6) is 0 Å². The number of rotatable bonds is 2. The van der Waals surface area contributed by atoms with Gasteiger partial charge in [-0.25, -0.2) is 4.68 Å². The first-order valence-electron chi connectivity index (χ1n) is 5.73. The zero-order valence-corrected chi connectivity index (χ0v) is 10.4. The molecule has 0 aliphatic carbocycles. The van der Waals surface area contributed by atoms with E-state index in [4.69, 9.17) is 5.26 Å². The van der Waals surface area contributed by atoms with E-state index < -0.39 is 0 Å². The highest BCUT2D eigenvalue weighted by molar-refractivity contribution is 5.43. The second-order valence-electron chi connectivity index (χ2n) is 4.08. The first-order valence-corrected chi connectivity index (χ1v) is 5.73. The van der Waals surface area contributed by atoms with Gasteiger partial charge >= 0.3 is 0 Å². The molecule has 0 fully saturated rings. The van der Waals surface area contributed by atoms with Crippen LogP contribution in [-0.2, 0) is 6.42 Å². The van der Waals surface area contributed by atoms with Crippen molar-refractivity contribution < 1.29 is 0 Å². The SMILES string of the molecule is CCc1c(C)nn(-c2cccc(C#N)c2)c1C. The molecule has 0 unspecified atom stereocenters. The molecule has 0 saturated heterocycles. The first-order chi connectivity index (χ1) is 8.17. The van der Waals surface area contributed by atoms with Crippen LogP contribution in [0.15, 0.2) is 24.3 Å². The molecule has 3 heteroatoms. The highest BCUT2D eigenvalue weighted by Crippen LogP contribution is 2.18. The summed E-state index contributed by atoms with van der Waals surface area (Å²) in [6.07, 6.45) is 0.982. The molecule has 0 amide bonds. The molecule has 1 aromatic carbocycles. The molecule has 0 aliphatic heterocycles. The molecule has 0 bridgehead atoms. The van der Waals surface area contributed by atoms with Crippen molar-refractivity contribution >= 4 is 0 Å². The summed E-state index contributed by atoms with van der Waals surface area (Å²) in [5.74, 6) is 0. The fraction of sp³-hybridized carbons (Fsp3) is 0.286. The van der Waals surface area contributed by atoms with Gasteiger partial charge in [-0.3, -0.25) is 0 Å². The van der Waals surface area contributed by atoms with Crippen molar-refractivity contribution in [2.45, 2.75) is 27.2 Å². The van der Waals surface area contributed by atoms with Gasteiger partial charge in [0.25, 0.3) is 0 Å². The minimum atomic E-state index is 0.660. The maximum absolute atomic E-state index is 8.90. The predicted molar refractivity (Wildman–Crippen MR) is 67.1 cm³/mol. The Morgan fingerprint density at radius 2 is 2.12 bits per heavy atom. The molecule has 3 nitrogen and oxygen atoms in total. The lowest BCUT2D eigenvalue weighted by molar-refractivity contribution is 0.832. The van der Waals surface area contributed by atoms with E-state index in [1.54, 1.807) is 6.07 Å². The Labute approximate surface area is 101 Å². The van der Waals surface area contributed by atoms with Gasteiger partial charge in [-0.1, -0.05) is 13.0 Å². The molecule has 2 rings (SSSR count). The van der Waals surface area contributed by atoms with Gasteiger partial charge in [-0.15, -0.1) is 0 Å². The van der Waals surface area contributed by atoms with E-state index in [0.717, 1.165) is 23.5 Å². The lowest BCUT2D eigenvalue weighted by Crippen LogP contribution is -1.99. The summed E-state index contributed by atoms with van der Waals surface area (Å²) >= 11 is 0. The third kappa shape index (κ3) is 1.94. The van der Waals surface area contributed by atoms with Crippen molar-refractivity contribution in [2.75, 3.05) is 0 Å². The Balaban J connectivity index is 2.57. The van der Waals surface area contributed by atoms with E-state index in [2.05, 4.69) is 25.0 Å². The average molecular weight is 225 g/mol. The zero-order chi connectivity index (χ0) is 12.4. The Hall–Kier alpha value is -2.08. The Kier molecular flexibility index (Phi) is 2.97. The van der Waals surface area contributed by atoms with E-state index in [9.17, 15) is 0 Å². The summed E-state index contributed by atoms with van der Waals surface area (Å²) in [5.41, 5.74) is 5.11. The maximum Gasteiger partial charge on any atom is 0.0992 e. The van der Waals surface area contributed by atoms with Gasteiger partial charge < -0.3 is 0 Å². The minimum absolute atomic E-state index is 0.660. The van der Waals surface area contributed by atoms with Crippen molar-refractivity contribution in [3.8, 4) is 11.8 Å². The van der Waals surface area contributed by atoms with Gasteiger partial charge in [0.15, 0.2) is 0 Å². The highest BCUT2D eigenvalue weighted by atomic mass is 15.3. The van der Waals surface area contributed by atoms with Gasteiger partial charge in [0.05, 0.1) is 23.0 Å². The van der Waals surface area contributed by atoms with Crippen LogP contribution in [0, 0.1) is 25.2 Å². The number of nitriles is 1. The van der Waals surface area contributed by atoms with E-state index in [-0.39, 0.29) is 0 Å². The van der Waals surface area contributed by atoms with Gasteiger partial charge in [0, 0.05) is 5.69 Å². The van der Waals surface area contributed by atoms with Crippen molar-refractivity contribution in [2.24, 2.45) is 0 Å². The average Bonchev–Trinajstić information content (AvgIpc) is 2.64. The summed E-state index contributed by atoms with van der Waals surface area (Å²) in [6.45, 7) is 6.22. The second-order valence-corrected chi connectivity index (χ2v) is 4.08. The first kappa shape index (κ1) is 11.4. The minimum Gasteiger partial charge on any atom is -0.238 e. The summed E-state index contributed by atoms with van der Waals surface area (Å²) in [7, 11) is 0. The number of hydrogen-bond acceptors (Lipinski definition) is 2. The van der Waals surface area contributed by atoms with Gasteiger partial charge in [0.1, 0.15) is 0 Å². The summed E-state index contributed by atoms with van der Waals surface area (Å²) in [4.78, 5) is 0. The van der Waals surface area contributed by atoms with Crippen molar-refractivity contribution in [1.82, 2.24) is 9.78 Å². The van der Waals surface area contributed by atoms with Crippen LogP contribution in [0.2, 0.25) is 0 Å². The van der Waals surface area contributed by atoms with Crippen molar-refractivity contribution in [3.63, 3.8) is 0 Å². The zero-order valence-electron chi connectivity index (χ0n) is 10.4. The molecular formula is C14H15N3. The molecule has 0 aliphatic rings. The smallest absolute Gasteiger partial charge is 0.0992 e. The lowest BCUT2D eigenvalue weighted by atomic mass is 10.1. The second kappa shape index (κ2) is 4.42. The predicted octanol–water partition coefficient (Wildman–Crippen LogP) is 2.92. The summed E-state index contributed by atoms with van der Waals surface area (Å²) < 4.78 is 1.91. The lowest BCUT2D eigenvalue weighted by Gasteiger charge is -2.05. The van der Waals surface area contributed by atoms with Crippen LogP contribution < -0.4 is 0 Å². The maximum atomic E-state index is 8.90. The molecule has 0 radical (unpaired) electrons. The molecule has 0 atom stereocenters. The van der Waals surface area contributed by atoms with E-state index >= 15 is 0 Å². The fourth-order valence-electron chi connectivity index (χ4n) is 2.15. The molecule has 86 valence electrons. The Bertz CT molecular complexity index is 588. The number of hydrogen-bond donors (Lipinski definition) is 0. The van der Waals surface area contributed by atoms with Gasteiger partial charge in [-0.2, -0.15) is 10.4 Å². The van der Waals surface area contributed by atoms with Crippen molar-refractivity contribution in [1.29, 1.82) is 5.26 Å². The Morgan fingerprint density at radius 1 is 1.35 bits per heavy atom. The topological polar surface area (TPSA) is 41.6 Å². The van der Waals surface area contributed by atoms with Gasteiger partial charge in [0.2, 0.25) is 0 Å². The fourth-order valence-corrected chi connectivity index (χ4v) is 2.15. The van der Waals surface area contributed by atoms with E-state index in [1.807, 2.05) is 29.8 Å². The van der Waals surface area contributed by atoms with Crippen LogP contribution in [0.1, 0.15) is 29.4 Å². The number of aromatic nitrogens is 2. The van der Waals surface area contributed by atoms with Crippen LogP contribution in [-0.4, -0.2) is 9.78 Å². The molecule has 0 spiro atoms. The van der Waals surface area contributed by atoms with Crippen molar-refractivity contribution in [3.05, 3.63) is 46.8 Å². The molecule has 0 N–H and O–H groups in total. The van der Waals surface area contributed by atoms with Crippen LogP contribution in [0.3, 0.4) is 0 Å². The normalized spacial score (nSPS) is 10.2. The summed E-state index contributed by atoms with van der Waals surface area (Å²) in [5, 5.41) is 13.4. The van der Waals surface area contributed by atoms with Crippen LogP contribution in [0.25, 0.3) is 5.69 Å². The standard InChI is InChI=1S/C14H15N3/c1-4-14-10(2)16-17(11(14)3)13-7-5-6-12(8-13)9-15/h5-8H,4H2,1-3H3. The Morgan fingerprint density at radius 3 is 2.71 bits per heavy atom. The quantitative estimate of drug-likeness (QED) is 0.788. The monoisotopic (exact) mass is 225 g/mol. The number of aryl methyl sites for hydroxylation is 1. The largest absolute Gasteiger partial charge is 0.238 e.